The Hall–Kier alpha value is -3.22. The van der Waals surface area contributed by atoms with Gasteiger partial charge in [0.1, 0.15) is 5.82 Å². The highest BCUT2D eigenvalue weighted by molar-refractivity contribution is 6.03. The molecule has 0 aromatic heterocycles. The molecule has 3 aliphatic heterocycles. The molecule has 2 aromatic carbocycles. The van der Waals surface area contributed by atoms with Crippen LogP contribution < -0.4 is 0 Å². The van der Waals surface area contributed by atoms with E-state index in [4.69, 9.17) is 0 Å². The van der Waals surface area contributed by atoms with Gasteiger partial charge in [-0.15, -0.1) is 0 Å². The summed E-state index contributed by atoms with van der Waals surface area (Å²) in [7, 11) is 0. The predicted molar refractivity (Wildman–Crippen MR) is 121 cm³/mol. The summed E-state index contributed by atoms with van der Waals surface area (Å²) in [6, 6.07) is 13.1. The van der Waals surface area contributed by atoms with Crippen LogP contribution in [0, 0.1) is 5.82 Å². The molecule has 0 radical (unpaired) electrons. The Morgan fingerprint density at radius 1 is 0.970 bits per heavy atom. The van der Waals surface area contributed by atoms with E-state index in [2.05, 4.69) is 0 Å². The molecule has 1 atom stereocenters. The topological polar surface area (TPSA) is 60.9 Å². The first-order valence-electron chi connectivity index (χ1n) is 11.6. The van der Waals surface area contributed by atoms with Crippen molar-refractivity contribution >= 4 is 17.7 Å². The van der Waals surface area contributed by atoms with E-state index in [-0.39, 0.29) is 36.5 Å². The highest BCUT2D eigenvalue weighted by atomic mass is 19.1. The van der Waals surface area contributed by atoms with Gasteiger partial charge in [0.05, 0.1) is 17.0 Å². The number of hydrogen-bond acceptors (Lipinski definition) is 3. The van der Waals surface area contributed by atoms with E-state index in [1.54, 1.807) is 28.0 Å². The maximum Gasteiger partial charge on any atom is 0.256 e. The van der Waals surface area contributed by atoms with Crippen molar-refractivity contribution in [3.63, 3.8) is 0 Å². The smallest absolute Gasteiger partial charge is 0.256 e. The standard InChI is InChI=1S/C26H28FN3O3/c1-17(2)30-24(32)19-10-4-3-9-18(19)22(25(33)28-13-7-8-14-28)26(30)15-29(16-26)23(31)20-11-5-6-12-21(20)27/h3-6,9-12,17,22H,7-8,13-16H2,1-2H3. The zero-order valence-electron chi connectivity index (χ0n) is 19.0. The molecular formula is C26H28FN3O3. The summed E-state index contributed by atoms with van der Waals surface area (Å²) in [5, 5.41) is 0. The fourth-order valence-corrected chi connectivity index (χ4v) is 5.83. The number of likely N-dealkylation sites (tertiary alicyclic amines) is 2. The zero-order chi connectivity index (χ0) is 23.3. The number of fused-ring (bicyclic) bond motifs is 1. The Morgan fingerprint density at radius 3 is 2.27 bits per heavy atom. The lowest BCUT2D eigenvalue weighted by atomic mass is 9.67. The highest BCUT2D eigenvalue weighted by Gasteiger charge is 2.62. The largest absolute Gasteiger partial charge is 0.342 e. The molecule has 1 spiro atoms. The number of nitrogens with zero attached hydrogens (tertiary/aromatic N) is 3. The fourth-order valence-electron chi connectivity index (χ4n) is 5.83. The predicted octanol–water partition coefficient (Wildman–Crippen LogP) is 3.29. The third-order valence-corrected chi connectivity index (χ3v) is 7.24. The van der Waals surface area contributed by atoms with Crippen molar-refractivity contribution in [2.45, 2.75) is 44.2 Å². The van der Waals surface area contributed by atoms with E-state index >= 15 is 0 Å². The molecule has 0 saturated carbocycles. The minimum atomic E-state index is -0.847. The number of halogens is 1. The average Bonchev–Trinajstić information content (AvgIpc) is 3.31. The van der Waals surface area contributed by atoms with E-state index in [0.717, 1.165) is 18.4 Å². The van der Waals surface area contributed by atoms with Gasteiger partial charge in [-0.3, -0.25) is 14.4 Å². The molecule has 172 valence electrons. The minimum absolute atomic E-state index is 0.00778. The van der Waals surface area contributed by atoms with Gasteiger partial charge in [-0.05, 0) is 50.5 Å². The molecule has 3 heterocycles. The zero-order valence-corrected chi connectivity index (χ0v) is 19.0. The van der Waals surface area contributed by atoms with Crippen LogP contribution in [0.15, 0.2) is 48.5 Å². The first-order chi connectivity index (χ1) is 15.8. The third-order valence-electron chi connectivity index (χ3n) is 7.24. The number of carbonyl (C=O) groups is 3. The van der Waals surface area contributed by atoms with Crippen LogP contribution in [-0.4, -0.2) is 70.2 Å². The highest BCUT2D eigenvalue weighted by Crippen LogP contribution is 2.48. The quantitative estimate of drug-likeness (QED) is 0.723. The molecule has 3 amide bonds. The van der Waals surface area contributed by atoms with Gasteiger partial charge in [-0.1, -0.05) is 30.3 Å². The van der Waals surface area contributed by atoms with Crippen LogP contribution in [0.1, 0.15) is 58.9 Å². The Morgan fingerprint density at radius 2 is 1.61 bits per heavy atom. The molecule has 2 aromatic rings. The SMILES string of the molecule is CC(C)N1C(=O)c2ccccc2C(C(=O)N2CCCC2)C12CN(C(=O)c1ccccc1F)C2. The normalized spacial score (nSPS) is 21.4. The van der Waals surface area contributed by atoms with Crippen molar-refractivity contribution < 1.29 is 18.8 Å². The molecule has 7 heteroatoms. The second-order valence-corrected chi connectivity index (χ2v) is 9.57. The van der Waals surface area contributed by atoms with Gasteiger partial charge in [0.2, 0.25) is 5.91 Å². The van der Waals surface area contributed by atoms with Crippen molar-refractivity contribution in [1.29, 1.82) is 0 Å². The van der Waals surface area contributed by atoms with E-state index < -0.39 is 23.2 Å². The van der Waals surface area contributed by atoms with Gasteiger partial charge in [0, 0.05) is 37.8 Å². The summed E-state index contributed by atoms with van der Waals surface area (Å²) >= 11 is 0. The Labute approximate surface area is 193 Å². The molecule has 6 nitrogen and oxygen atoms in total. The first-order valence-corrected chi connectivity index (χ1v) is 11.6. The van der Waals surface area contributed by atoms with Crippen LogP contribution in [0.5, 0.6) is 0 Å². The van der Waals surface area contributed by atoms with E-state index in [0.29, 0.717) is 18.7 Å². The average molecular weight is 450 g/mol. The molecule has 1 unspecified atom stereocenters. The number of benzene rings is 2. The van der Waals surface area contributed by atoms with Crippen molar-refractivity contribution in [2.24, 2.45) is 0 Å². The summed E-state index contributed by atoms with van der Waals surface area (Å²) < 4.78 is 14.3. The number of hydrogen-bond donors (Lipinski definition) is 0. The van der Waals surface area contributed by atoms with Gasteiger partial charge >= 0.3 is 0 Å². The second kappa shape index (κ2) is 7.97. The van der Waals surface area contributed by atoms with Crippen LogP contribution >= 0.6 is 0 Å². The molecule has 2 fully saturated rings. The maximum atomic E-state index is 14.3. The van der Waals surface area contributed by atoms with Crippen molar-refractivity contribution in [1.82, 2.24) is 14.7 Å². The van der Waals surface area contributed by atoms with Gasteiger partial charge in [0.25, 0.3) is 11.8 Å². The van der Waals surface area contributed by atoms with Crippen molar-refractivity contribution in [3.05, 3.63) is 71.0 Å². The number of amides is 3. The number of rotatable bonds is 3. The monoisotopic (exact) mass is 449 g/mol. The van der Waals surface area contributed by atoms with Crippen LogP contribution in [0.4, 0.5) is 4.39 Å². The molecule has 3 aliphatic rings. The third kappa shape index (κ3) is 3.24. The lowest BCUT2D eigenvalue weighted by Gasteiger charge is -2.62. The Balaban J connectivity index is 1.57. The summed E-state index contributed by atoms with van der Waals surface area (Å²) in [5.41, 5.74) is 0.441. The molecule has 0 N–H and O–H groups in total. The molecule has 0 aliphatic carbocycles. The summed E-state index contributed by atoms with van der Waals surface area (Å²) in [6.07, 6.45) is 1.94. The Bertz CT molecular complexity index is 1120. The number of carbonyl (C=O) groups excluding carboxylic acids is 3. The molecule has 33 heavy (non-hydrogen) atoms. The lowest BCUT2D eigenvalue weighted by molar-refractivity contribution is -0.141. The van der Waals surface area contributed by atoms with Crippen LogP contribution in [0.2, 0.25) is 0 Å². The fraction of sp³-hybridized carbons (Fsp3) is 0.423. The van der Waals surface area contributed by atoms with E-state index in [1.165, 1.54) is 12.1 Å². The van der Waals surface area contributed by atoms with E-state index in [9.17, 15) is 18.8 Å². The van der Waals surface area contributed by atoms with E-state index in [1.807, 2.05) is 36.9 Å². The van der Waals surface area contributed by atoms with Crippen molar-refractivity contribution in [2.75, 3.05) is 26.2 Å². The molecule has 2 saturated heterocycles. The maximum absolute atomic E-state index is 14.3. The second-order valence-electron chi connectivity index (χ2n) is 9.57. The molecule has 5 rings (SSSR count). The summed E-state index contributed by atoms with van der Waals surface area (Å²) in [4.78, 5) is 45.8. The minimum Gasteiger partial charge on any atom is -0.342 e. The van der Waals surface area contributed by atoms with Crippen LogP contribution in [0.3, 0.4) is 0 Å². The lowest BCUT2D eigenvalue weighted by Crippen LogP contribution is -2.78. The molecular weight excluding hydrogens is 421 g/mol. The summed E-state index contributed by atoms with van der Waals surface area (Å²) in [6.45, 7) is 5.69. The van der Waals surface area contributed by atoms with Gasteiger partial charge < -0.3 is 14.7 Å². The van der Waals surface area contributed by atoms with Crippen LogP contribution in [-0.2, 0) is 4.79 Å². The molecule has 0 bridgehead atoms. The first kappa shape index (κ1) is 21.6. The van der Waals surface area contributed by atoms with Crippen molar-refractivity contribution in [3.8, 4) is 0 Å². The van der Waals surface area contributed by atoms with Crippen LogP contribution in [0.25, 0.3) is 0 Å². The van der Waals surface area contributed by atoms with Gasteiger partial charge in [-0.25, -0.2) is 4.39 Å². The van der Waals surface area contributed by atoms with Gasteiger partial charge in [0.15, 0.2) is 0 Å². The Kier molecular flexibility index (Phi) is 5.22. The van der Waals surface area contributed by atoms with Gasteiger partial charge in [-0.2, -0.15) is 0 Å². The summed E-state index contributed by atoms with van der Waals surface area (Å²) in [5.74, 6) is -1.66.